The first-order valence-electron chi connectivity index (χ1n) is 7.89. The van der Waals surface area contributed by atoms with Crippen LogP contribution in [0.25, 0.3) is 5.69 Å². The highest BCUT2D eigenvalue weighted by Crippen LogP contribution is 2.28. The summed E-state index contributed by atoms with van der Waals surface area (Å²) in [5.74, 6) is 0.698. The van der Waals surface area contributed by atoms with E-state index in [9.17, 15) is 4.79 Å². The van der Waals surface area contributed by atoms with Crippen molar-refractivity contribution in [3.8, 4) is 5.69 Å². The third-order valence-electron chi connectivity index (χ3n) is 4.09. The van der Waals surface area contributed by atoms with E-state index in [1.165, 1.54) is 29.4 Å². The Labute approximate surface area is 155 Å². The van der Waals surface area contributed by atoms with Crippen LogP contribution in [0.3, 0.4) is 0 Å². The van der Waals surface area contributed by atoms with E-state index in [0.717, 1.165) is 21.7 Å². The Morgan fingerprint density at radius 2 is 2.16 bits per heavy atom. The van der Waals surface area contributed by atoms with E-state index in [0.29, 0.717) is 5.75 Å². The highest BCUT2D eigenvalue weighted by Gasteiger charge is 2.13. The highest BCUT2D eigenvalue weighted by atomic mass is 32.2. The van der Waals surface area contributed by atoms with Crippen LogP contribution in [0.5, 0.6) is 0 Å². The smallest absolute Gasteiger partial charge is 0.225 e. The molecule has 1 amide bonds. The predicted octanol–water partition coefficient (Wildman–Crippen LogP) is 4.22. The third-order valence-corrected chi connectivity index (χ3v) is 6.06. The van der Waals surface area contributed by atoms with Gasteiger partial charge in [0, 0.05) is 37.5 Å². The molecular formula is C18H20N4OS2. The summed E-state index contributed by atoms with van der Waals surface area (Å²) in [7, 11) is 1.74. The maximum absolute atomic E-state index is 11.4. The number of imidazole rings is 1. The number of carbonyl (C=O) groups is 1. The normalized spacial score (nSPS) is 10.9. The average Bonchev–Trinajstić information content (AvgIpc) is 3.23. The second kappa shape index (κ2) is 7.41. The number of aryl methyl sites for hydroxylation is 1. The van der Waals surface area contributed by atoms with Crippen LogP contribution in [0.15, 0.2) is 41.1 Å². The van der Waals surface area contributed by atoms with Gasteiger partial charge in [0.05, 0.1) is 11.4 Å². The number of rotatable bonds is 5. The first kappa shape index (κ1) is 17.7. The number of aromatic nitrogens is 3. The molecule has 0 N–H and O–H groups in total. The van der Waals surface area contributed by atoms with Crippen LogP contribution in [-0.4, -0.2) is 27.5 Å². The molecule has 7 heteroatoms. The van der Waals surface area contributed by atoms with Gasteiger partial charge in [-0.25, -0.2) is 9.97 Å². The lowest BCUT2D eigenvalue weighted by Crippen LogP contribution is -2.22. The molecule has 0 atom stereocenters. The van der Waals surface area contributed by atoms with Crippen molar-refractivity contribution in [2.24, 2.45) is 0 Å². The Balaban J connectivity index is 1.76. The van der Waals surface area contributed by atoms with Gasteiger partial charge in [-0.2, -0.15) is 0 Å². The first-order chi connectivity index (χ1) is 12.0. The summed E-state index contributed by atoms with van der Waals surface area (Å²) >= 11 is 3.12. The van der Waals surface area contributed by atoms with Crippen molar-refractivity contribution in [2.75, 3.05) is 11.9 Å². The quantitative estimate of drug-likeness (QED) is 0.629. The number of thioether (sulfide) groups is 1. The van der Waals surface area contributed by atoms with Crippen LogP contribution in [0.1, 0.15) is 23.7 Å². The number of hydrogen-bond acceptors (Lipinski definition) is 5. The van der Waals surface area contributed by atoms with Crippen molar-refractivity contribution in [3.05, 3.63) is 52.8 Å². The van der Waals surface area contributed by atoms with Crippen LogP contribution in [0.2, 0.25) is 0 Å². The Bertz CT molecular complexity index is 900. The van der Waals surface area contributed by atoms with Crippen molar-refractivity contribution >= 4 is 34.1 Å². The fourth-order valence-corrected chi connectivity index (χ4v) is 4.16. The Kier molecular flexibility index (Phi) is 5.24. The molecule has 0 bridgehead atoms. The van der Waals surface area contributed by atoms with Crippen molar-refractivity contribution in [1.82, 2.24) is 14.5 Å². The van der Waals surface area contributed by atoms with Gasteiger partial charge in [-0.3, -0.25) is 14.3 Å². The number of anilines is 1. The molecule has 0 aliphatic carbocycles. The Morgan fingerprint density at radius 3 is 2.92 bits per heavy atom. The lowest BCUT2D eigenvalue weighted by atomic mass is 10.1. The summed E-state index contributed by atoms with van der Waals surface area (Å²) in [5.41, 5.74) is 4.61. The second-order valence-corrected chi connectivity index (χ2v) is 7.57. The molecule has 5 nitrogen and oxygen atoms in total. The minimum atomic E-state index is -0.0148. The molecule has 3 rings (SSSR count). The molecule has 2 heterocycles. The minimum absolute atomic E-state index is 0.0148. The molecule has 25 heavy (non-hydrogen) atoms. The van der Waals surface area contributed by atoms with Crippen LogP contribution in [0.4, 0.5) is 5.13 Å². The van der Waals surface area contributed by atoms with Crippen molar-refractivity contribution in [1.29, 1.82) is 0 Å². The SMILES string of the molecule is CC(=O)N(C)c1nc(CSc2nccn2-c2cccc(C)c2C)cs1. The number of thiazole rings is 1. The van der Waals surface area contributed by atoms with Gasteiger partial charge in [-0.15, -0.1) is 11.3 Å². The molecule has 3 aromatic rings. The summed E-state index contributed by atoms with van der Waals surface area (Å²) < 4.78 is 2.11. The van der Waals surface area contributed by atoms with E-state index in [-0.39, 0.29) is 5.91 Å². The molecule has 0 unspecified atom stereocenters. The molecule has 0 saturated carbocycles. The van der Waals surface area contributed by atoms with E-state index in [1.54, 1.807) is 23.7 Å². The van der Waals surface area contributed by atoms with Crippen molar-refractivity contribution < 1.29 is 4.79 Å². The van der Waals surface area contributed by atoms with Crippen LogP contribution < -0.4 is 4.90 Å². The van der Waals surface area contributed by atoms with Gasteiger partial charge in [0.1, 0.15) is 0 Å². The van der Waals surface area contributed by atoms with Gasteiger partial charge in [0.15, 0.2) is 10.3 Å². The predicted molar refractivity (Wildman–Crippen MR) is 104 cm³/mol. The molecule has 1 aromatic carbocycles. The molecule has 0 fully saturated rings. The van der Waals surface area contributed by atoms with Gasteiger partial charge < -0.3 is 0 Å². The zero-order chi connectivity index (χ0) is 18.0. The zero-order valence-electron chi connectivity index (χ0n) is 14.7. The van der Waals surface area contributed by atoms with Crippen molar-refractivity contribution in [3.63, 3.8) is 0 Å². The van der Waals surface area contributed by atoms with Crippen LogP contribution in [-0.2, 0) is 10.5 Å². The number of amides is 1. The molecule has 130 valence electrons. The number of benzene rings is 1. The molecule has 0 aliphatic heterocycles. The van der Waals surface area contributed by atoms with Crippen LogP contribution >= 0.6 is 23.1 Å². The lowest BCUT2D eigenvalue weighted by molar-refractivity contribution is -0.116. The maximum atomic E-state index is 11.4. The first-order valence-corrected chi connectivity index (χ1v) is 9.75. The zero-order valence-corrected chi connectivity index (χ0v) is 16.3. The lowest BCUT2D eigenvalue weighted by Gasteiger charge is -2.12. The Hall–Kier alpha value is -2.12. The van der Waals surface area contributed by atoms with Gasteiger partial charge >= 0.3 is 0 Å². The van der Waals surface area contributed by atoms with E-state index >= 15 is 0 Å². The van der Waals surface area contributed by atoms with Crippen molar-refractivity contribution in [2.45, 2.75) is 31.7 Å². The molecule has 0 radical (unpaired) electrons. The monoisotopic (exact) mass is 372 g/mol. The average molecular weight is 373 g/mol. The summed E-state index contributed by atoms with van der Waals surface area (Å²) in [4.78, 5) is 22.0. The van der Waals surface area contributed by atoms with Gasteiger partial charge in [-0.05, 0) is 31.0 Å². The van der Waals surface area contributed by atoms with Gasteiger partial charge in [-0.1, -0.05) is 23.9 Å². The number of carbonyl (C=O) groups excluding carboxylic acids is 1. The van der Waals surface area contributed by atoms with Crippen LogP contribution in [0, 0.1) is 13.8 Å². The molecule has 0 saturated heterocycles. The largest absolute Gasteiger partial charge is 0.295 e. The highest BCUT2D eigenvalue weighted by molar-refractivity contribution is 7.98. The summed E-state index contributed by atoms with van der Waals surface area (Å²) in [6.45, 7) is 5.78. The second-order valence-electron chi connectivity index (χ2n) is 5.79. The number of hydrogen-bond donors (Lipinski definition) is 0. The fourth-order valence-electron chi connectivity index (χ4n) is 2.37. The standard InChI is InChI=1S/C18H20N4OS2/c1-12-6-5-7-16(13(12)2)22-9-8-19-17(22)24-10-15-11-25-18(20-15)21(4)14(3)23/h5-9,11H,10H2,1-4H3. The van der Waals surface area contributed by atoms with E-state index in [1.807, 2.05) is 17.8 Å². The molecule has 0 spiro atoms. The van der Waals surface area contributed by atoms with Gasteiger partial charge in [0.2, 0.25) is 5.91 Å². The maximum Gasteiger partial charge on any atom is 0.225 e. The minimum Gasteiger partial charge on any atom is -0.295 e. The van der Waals surface area contributed by atoms with Gasteiger partial charge in [0.25, 0.3) is 0 Å². The fraction of sp³-hybridized carbons (Fsp3) is 0.278. The molecule has 0 aliphatic rings. The summed E-state index contributed by atoms with van der Waals surface area (Å²) in [6, 6.07) is 6.29. The van der Waals surface area contributed by atoms with E-state index in [4.69, 9.17) is 0 Å². The molecular weight excluding hydrogens is 352 g/mol. The molecule has 2 aromatic heterocycles. The van der Waals surface area contributed by atoms with E-state index < -0.39 is 0 Å². The summed E-state index contributed by atoms with van der Waals surface area (Å²) in [5, 5.41) is 3.65. The van der Waals surface area contributed by atoms with E-state index in [2.05, 4.69) is 46.6 Å². The number of nitrogens with zero attached hydrogens (tertiary/aromatic N) is 4. The third kappa shape index (κ3) is 3.77. The topological polar surface area (TPSA) is 51.0 Å². The Morgan fingerprint density at radius 1 is 1.36 bits per heavy atom. The summed E-state index contributed by atoms with van der Waals surface area (Å²) in [6.07, 6.45) is 3.81.